The first-order chi connectivity index (χ1) is 14.9. The normalized spacial score (nSPS) is 14.9. The number of likely N-dealkylation sites (N-methyl/N-ethyl adjacent to an activating group) is 1. The molecule has 1 fully saturated rings. The van der Waals surface area contributed by atoms with E-state index in [1.54, 1.807) is 53.4 Å². The summed E-state index contributed by atoms with van der Waals surface area (Å²) in [5.41, 5.74) is 1.17. The van der Waals surface area contributed by atoms with Crippen LogP contribution >= 0.6 is 11.8 Å². The van der Waals surface area contributed by atoms with Crippen LogP contribution in [0.5, 0.6) is 5.75 Å². The smallest absolute Gasteiger partial charge is 0.294 e. The molecule has 3 rings (SSSR count). The van der Waals surface area contributed by atoms with E-state index in [1.807, 2.05) is 13.8 Å². The predicted molar refractivity (Wildman–Crippen MR) is 118 cm³/mol. The van der Waals surface area contributed by atoms with Crippen molar-refractivity contribution >= 4 is 34.9 Å². The van der Waals surface area contributed by atoms with E-state index in [0.29, 0.717) is 30.0 Å². The summed E-state index contributed by atoms with van der Waals surface area (Å²) in [5.74, 6) is -0.507. The zero-order valence-corrected chi connectivity index (χ0v) is 18.2. The van der Waals surface area contributed by atoms with Gasteiger partial charge >= 0.3 is 0 Å². The number of hydrogen-bond donors (Lipinski definition) is 0. The quantitative estimate of drug-likeness (QED) is 0.570. The summed E-state index contributed by atoms with van der Waals surface area (Å²) in [4.78, 5) is 39.9. The minimum atomic E-state index is -0.476. The molecule has 0 saturated carbocycles. The van der Waals surface area contributed by atoms with E-state index in [1.165, 1.54) is 6.07 Å². The highest BCUT2D eigenvalue weighted by Crippen LogP contribution is 2.32. The van der Waals surface area contributed by atoms with Gasteiger partial charge in [0.1, 0.15) is 24.7 Å². The Labute approximate surface area is 184 Å². The molecule has 31 heavy (non-hydrogen) atoms. The van der Waals surface area contributed by atoms with Crippen molar-refractivity contribution in [3.05, 3.63) is 70.4 Å². The van der Waals surface area contributed by atoms with Gasteiger partial charge in [0.2, 0.25) is 5.91 Å². The standard InChI is InChI=1S/C23H23FN2O4S/c1-3-25(4-2)21(27)14-26-22(28)20(31-23(26)29)13-16-9-11-18(12-10-16)30-15-17-7-5-6-8-19(17)24/h5-13H,3-4,14-15H2,1-2H3/b20-13-. The van der Waals surface area contributed by atoms with E-state index >= 15 is 0 Å². The number of imide groups is 1. The second kappa shape index (κ2) is 10.3. The Balaban J connectivity index is 1.63. The van der Waals surface area contributed by atoms with Crippen molar-refractivity contribution in [2.75, 3.05) is 19.6 Å². The van der Waals surface area contributed by atoms with Gasteiger partial charge in [-0.15, -0.1) is 0 Å². The Morgan fingerprint density at radius 1 is 1.10 bits per heavy atom. The fourth-order valence-corrected chi connectivity index (χ4v) is 3.87. The molecule has 6 nitrogen and oxygen atoms in total. The monoisotopic (exact) mass is 442 g/mol. The van der Waals surface area contributed by atoms with Crippen molar-refractivity contribution in [2.24, 2.45) is 0 Å². The van der Waals surface area contributed by atoms with Crippen molar-refractivity contribution in [1.82, 2.24) is 9.80 Å². The molecule has 2 aromatic carbocycles. The molecule has 1 aliphatic heterocycles. The van der Waals surface area contributed by atoms with E-state index in [-0.39, 0.29) is 29.8 Å². The average Bonchev–Trinajstić information content (AvgIpc) is 3.02. The van der Waals surface area contributed by atoms with Gasteiger partial charge in [0.15, 0.2) is 0 Å². The molecule has 0 aromatic heterocycles. The lowest BCUT2D eigenvalue weighted by molar-refractivity contribution is -0.135. The van der Waals surface area contributed by atoms with Crippen LogP contribution in [0.3, 0.4) is 0 Å². The van der Waals surface area contributed by atoms with Crippen LogP contribution in [0.2, 0.25) is 0 Å². The van der Waals surface area contributed by atoms with Crippen LogP contribution in [-0.2, 0) is 16.2 Å². The summed E-state index contributed by atoms with van der Waals surface area (Å²) in [7, 11) is 0. The summed E-state index contributed by atoms with van der Waals surface area (Å²) in [5, 5.41) is -0.457. The predicted octanol–water partition coefficient (Wildman–Crippen LogP) is 4.31. The van der Waals surface area contributed by atoms with Crippen LogP contribution in [0.4, 0.5) is 9.18 Å². The molecule has 0 spiro atoms. The van der Waals surface area contributed by atoms with Crippen molar-refractivity contribution in [2.45, 2.75) is 20.5 Å². The number of carbonyl (C=O) groups is 3. The summed E-state index contributed by atoms with van der Waals surface area (Å²) in [6.07, 6.45) is 1.60. The van der Waals surface area contributed by atoms with Gasteiger partial charge in [-0.1, -0.05) is 30.3 Å². The van der Waals surface area contributed by atoms with E-state index in [4.69, 9.17) is 4.74 Å². The lowest BCUT2D eigenvalue weighted by Crippen LogP contribution is -2.41. The van der Waals surface area contributed by atoms with E-state index in [2.05, 4.69) is 0 Å². The zero-order chi connectivity index (χ0) is 22.4. The van der Waals surface area contributed by atoms with Crippen molar-refractivity contribution in [1.29, 1.82) is 0 Å². The number of carbonyl (C=O) groups excluding carboxylic acids is 3. The Bertz CT molecular complexity index is 1000. The third-order valence-corrected chi connectivity index (χ3v) is 5.72. The second-order valence-electron chi connectivity index (χ2n) is 6.78. The van der Waals surface area contributed by atoms with Crippen LogP contribution in [0.25, 0.3) is 6.08 Å². The number of hydrogen-bond acceptors (Lipinski definition) is 5. The lowest BCUT2D eigenvalue weighted by Gasteiger charge is -2.21. The van der Waals surface area contributed by atoms with Gasteiger partial charge in [-0.2, -0.15) is 0 Å². The molecule has 0 N–H and O–H groups in total. The van der Waals surface area contributed by atoms with Crippen molar-refractivity contribution in [3.8, 4) is 5.75 Å². The summed E-state index contributed by atoms with van der Waals surface area (Å²) in [6, 6.07) is 13.3. The van der Waals surface area contributed by atoms with Gasteiger partial charge in [-0.05, 0) is 55.4 Å². The van der Waals surface area contributed by atoms with Gasteiger partial charge in [0.25, 0.3) is 11.1 Å². The fourth-order valence-electron chi connectivity index (χ4n) is 3.04. The van der Waals surface area contributed by atoms with E-state index in [9.17, 15) is 18.8 Å². The second-order valence-corrected chi connectivity index (χ2v) is 7.78. The maximum absolute atomic E-state index is 13.7. The molecular weight excluding hydrogens is 419 g/mol. The number of amides is 3. The minimum Gasteiger partial charge on any atom is -0.489 e. The first kappa shape index (κ1) is 22.6. The number of halogens is 1. The highest BCUT2D eigenvalue weighted by Gasteiger charge is 2.36. The number of ether oxygens (including phenoxy) is 1. The molecule has 0 aliphatic carbocycles. The SMILES string of the molecule is CCN(CC)C(=O)CN1C(=O)S/C(=C\c2ccc(OCc3ccccc3F)cc2)C1=O. The third kappa shape index (κ3) is 5.52. The maximum atomic E-state index is 13.7. The highest BCUT2D eigenvalue weighted by molar-refractivity contribution is 8.18. The van der Waals surface area contributed by atoms with Crippen LogP contribution in [-0.4, -0.2) is 46.5 Å². The van der Waals surface area contributed by atoms with Gasteiger partial charge in [-0.3, -0.25) is 19.3 Å². The molecule has 0 bridgehead atoms. The molecular formula is C23H23FN2O4S. The first-order valence-electron chi connectivity index (χ1n) is 9.92. The van der Waals surface area contributed by atoms with Crippen molar-refractivity contribution in [3.63, 3.8) is 0 Å². The fraction of sp³-hybridized carbons (Fsp3) is 0.261. The Morgan fingerprint density at radius 3 is 2.42 bits per heavy atom. The van der Waals surface area contributed by atoms with E-state index in [0.717, 1.165) is 16.7 Å². The lowest BCUT2D eigenvalue weighted by atomic mass is 10.2. The van der Waals surface area contributed by atoms with Crippen LogP contribution in [0.1, 0.15) is 25.0 Å². The van der Waals surface area contributed by atoms with Crippen molar-refractivity contribution < 1.29 is 23.5 Å². The third-order valence-electron chi connectivity index (χ3n) is 4.81. The Morgan fingerprint density at radius 2 is 1.77 bits per heavy atom. The van der Waals surface area contributed by atoms with Crippen LogP contribution < -0.4 is 4.74 Å². The van der Waals surface area contributed by atoms with Crippen LogP contribution in [0.15, 0.2) is 53.4 Å². The number of nitrogens with zero attached hydrogens (tertiary/aromatic N) is 2. The molecule has 0 unspecified atom stereocenters. The largest absolute Gasteiger partial charge is 0.489 e. The highest BCUT2D eigenvalue weighted by atomic mass is 32.2. The Kier molecular flexibility index (Phi) is 7.46. The molecule has 0 atom stereocenters. The minimum absolute atomic E-state index is 0.103. The topological polar surface area (TPSA) is 66.9 Å². The first-order valence-corrected chi connectivity index (χ1v) is 10.7. The molecule has 2 aromatic rings. The molecule has 1 saturated heterocycles. The molecule has 3 amide bonds. The summed E-state index contributed by atoms with van der Waals surface area (Å²) >= 11 is 0.814. The number of benzene rings is 2. The number of thioether (sulfide) groups is 1. The molecule has 0 radical (unpaired) electrons. The molecule has 162 valence electrons. The molecule has 1 aliphatic rings. The number of rotatable bonds is 8. The molecule has 1 heterocycles. The van der Waals surface area contributed by atoms with Gasteiger partial charge in [-0.25, -0.2) is 4.39 Å². The zero-order valence-electron chi connectivity index (χ0n) is 17.3. The maximum Gasteiger partial charge on any atom is 0.294 e. The van der Waals surface area contributed by atoms with E-state index < -0.39 is 11.1 Å². The van der Waals surface area contributed by atoms with Crippen LogP contribution in [0, 0.1) is 5.82 Å². The Hall–Kier alpha value is -3.13. The average molecular weight is 443 g/mol. The molecule has 8 heteroatoms. The van der Waals surface area contributed by atoms with Gasteiger partial charge < -0.3 is 9.64 Å². The van der Waals surface area contributed by atoms with Gasteiger partial charge in [0, 0.05) is 18.7 Å². The summed E-state index contributed by atoms with van der Waals surface area (Å²) < 4.78 is 19.3. The summed E-state index contributed by atoms with van der Waals surface area (Å²) in [6.45, 7) is 4.58. The van der Waals surface area contributed by atoms with Gasteiger partial charge in [0.05, 0.1) is 4.91 Å².